The van der Waals surface area contributed by atoms with Crippen LogP contribution in [0.3, 0.4) is 0 Å². The highest BCUT2D eigenvalue weighted by atomic mass is 32.2. The first-order chi connectivity index (χ1) is 5.83. The van der Waals surface area contributed by atoms with Gasteiger partial charge >= 0.3 is 0 Å². The zero-order valence-electron chi connectivity index (χ0n) is 7.53. The molecule has 0 heterocycles. The third kappa shape index (κ3) is 3.14. The highest BCUT2D eigenvalue weighted by molar-refractivity contribution is 7.99. The normalized spacial score (nSPS) is 13.5. The third-order valence-corrected chi connectivity index (χ3v) is 2.63. The summed E-state index contributed by atoms with van der Waals surface area (Å²) in [5.74, 6) is 0. The zero-order valence-corrected chi connectivity index (χ0v) is 8.34. The van der Waals surface area contributed by atoms with E-state index in [4.69, 9.17) is 0 Å². The predicted molar refractivity (Wildman–Crippen MR) is 58.5 cm³/mol. The Bertz CT molecular complexity index is 238. The monoisotopic (exact) mass is 178 g/mol. The Balaban J connectivity index is 2.58. The van der Waals surface area contributed by atoms with Crippen molar-refractivity contribution < 1.29 is 0 Å². The van der Waals surface area contributed by atoms with Crippen LogP contribution in [0.15, 0.2) is 36.4 Å². The minimum absolute atomic E-state index is 0.602. The molecule has 0 saturated heterocycles. The SMILES string of the molecule is CSC(C)/C=C/c1ccccc1. The van der Waals surface area contributed by atoms with Crippen LogP contribution in [0.1, 0.15) is 12.5 Å². The van der Waals surface area contributed by atoms with Crippen LogP contribution in [0.4, 0.5) is 0 Å². The van der Waals surface area contributed by atoms with Crippen LogP contribution >= 0.6 is 11.8 Å². The van der Waals surface area contributed by atoms with Gasteiger partial charge in [0.15, 0.2) is 0 Å². The van der Waals surface area contributed by atoms with Crippen LogP contribution in [0.2, 0.25) is 0 Å². The average Bonchev–Trinajstić information content (AvgIpc) is 2.16. The van der Waals surface area contributed by atoms with Crippen molar-refractivity contribution in [1.29, 1.82) is 0 Å². The molecule has 0 saturated carbocycles. The van der Waals surface area contributed by atoms with E-state index in [1.807, 2.05) is 17.8 Å². The second kappa shape index (κ2) is 5.04. The van der Waals surface area contributed by atoms with Gasteiger partial charge in [-0.2, -0.15) is 11.8 Å². The molecule has 0 fully saturated rings. The molecular weight excluding hydrogens is 164 g/mol. The highest BCUT2D eigenvalue weighted by Gasteiger charge is 1.90. The quantitative estimate of drug-likeness (QED) is 0.683. The summed E-state index contributed by atoms with van der Waals surface area (Å²) in [6, 6.07) is 10.4. The minimum Gasteiger partial charge on any atom is -0.158 e. The molecule has 0 aromatic heterocycles. The molecule has 0 amide bonds. The maximum absolute atomic E-state index is 2.22. The molecule has 1 aromatic carbocycles. The molecule has 0 aliphatic rings. The topological polar surface area (TPSA) is 0 Å². The van der Waals surface area contributed by atoms with Crippen molar-refractivity contribution in [3.8, 4) is 0 Å². The second-order valence-electron chi connectivity index (χ2n) is 2.71. The molecule has 12 heavy (non-hydrogen) atoms. The molecule has 1 heteroatoms. The minimum atomic E-state index is 0.602. The van der Waals surface area contributed by atoms with Gasteiger partial charge in [0.2, 0.25) is 0 Å². The van der Waals surface area contributed by atoms with E-state index in [1.165, 1.54) is 5.56 Å². The van der Waals surface area contributed by atoms with E-state index >= 15 is 0 Å². The maximum Gasteiger partial charge on any atom is 0.0199 e. The first-order valence-electron chi connectivity index (χ1n) is 4.09. The summed E-state index contributed by atoms with van der Waals surface area (Å²) in [4.78, 5) is 0. The Morgan fingerprint density at radius 2 is 1.92 bits per heavy atom. The van der Waals surface area contributed by atoms with E-state index in [1.54, 1.807) is 0 Å². The molecule has 0 bridgehead atoms. The number of hydrogen-bond donors (Lipinski definition) is 0. The number of rotatable bonds is 3. The summed E-state index contributed by atoms with van der Waals surface area (Å²) < 4.78 is 0. The van der Waals surface area contributed by atoms with Gasteiger partial charge < -0.3 is 0 Å². The Kier molecular flexibility index (Phi) is 3.95. The van der Waals surface area contributed by atoms with Gasteiger partial charge in [-0.1, -0.05) is 42.5 Å². The van der Waals surface area contributed by atoms with Gasteiger partial charge in [-0.3, -0.25) is 0 Å². The van der Waals surface area contributed by atoms with Crippen LogP contribution in [0.5, 0.6) is 0 Å². The van der Waals surface area contributed by atoms with E-state index in [9.17, 15) is 0 Å². The molecule has 1 atom stereocenters. The molecule has 0 aliphatic carbocycles. The summed E-state index contributed by atoms with van der Waals surface area (Å²) >= 11 is 1.86. The molecule has 1 unspecified atom stereocenters. The van der Waals surface area contributed by atoms with Crippen LogP contribution in [-0.4, -0.2) is 11.5 Å². The molecule has 0 radical (unpaired) electrons. The van der Waals surface area contributed by atoms with Crippen LogP contribution < -0.4 is 0 Å². The first-order valence-corrected chi connectivity index (χ1v) is 5.38. The Hall–Kier alpha value is -0.690. The van der Waals surface area contributed by atoms with Crippen molar-refractivity contribution in [2.24, 2.45) is 0 Å². The molecule has 0 nitrogen and oxygen atoms in total. The smallest absolute Gasteiger partial charge is 0.0199 e. The average molecular weight is 178 g/mol. The van der Waals surface area contributed by atoms with Crippen molar-refractivity contribution >= 4 is 17.8 Å². The van der Waals surface area contributed by atoms with Gasteiger partial charge in [-0.25, -0.2) is 0 Å². The van der Waals surface area contributed by atoms with Crippen molar-refractivity contribution in [2.45, 2.75) is 12.2 Å². The number of hydrogen-bond acceptors (Lipinski definition) is 1. The Labute approximate surface area is 78.7 Å². The van der Waals surface area contributed by atoms with Gasteiger partial charge in [0.25, 0.3) is 0 Å². The molecule has 0 spiro atoms. The summed E-state index contributed by atoms with van der Waals surface area (Å²) in [5, 5.41) is 0.602. The molecule has 64 valence electrons. The lowest BCUT2D eigenvalue weighted by atomic mass is 10.2. The summed E-state index contributed by atoms with van der Waals surface area (Å²) in [7, 11) is 0. The lowest BCUT2D eigenvalue weighted by Gasteiger charge is -1.98. The molecule has 0 aliphatic heterocycles. The number of benzene rings is 1. The van der Waals surface area contributed by atoms with Crippen LogP contribution in [-0.2, 0) is 0 Å². The van der Waals surface area contributed by atoms with Crippen LogP contribution in [0, 0.1) is 0 Å². The Morgan fingerprint density at radius 1 is 1.25 bits per heavy atom. The lowest BCUT2D eigenvalue weighted by Crippen LogP contribution is -1.85. The van der Waals surface area contributed by atoms with Gasteiger partial charge in [-0.05, 0) is 18.7 Å². The molecule has 0 N–H and O–H groups in total. The number of thioether (sulfide) groups is 1. The van der Waals surface area contributed by atoms with Crippen molar-refractivity contribution in [3.63, 3.8) is 0 Å². The summed E-state index contributed by atoms with van der Waals surface area (Å²) in [5.41, 5.74) is 1.28. The fourth-order valence-electron chi connectivity index (χ4n) is 0.889. The standard InChI is InChI=1S/C11H14S/c1-10(12-2)8-9-11-6-4-3-5-7-11/h3-10H,1-2H3/b9-8+. The third-order valence-electron chi connectivity index (χ3n) is 1.73. The van der Waals surface area contributed by atoms with E-state index in [2.05, 4.69) is 49.6 Å². The van der Waals surface area contributed by atoms with Gasteiger partial charge in [0, 0.05) is 5.25 Å². The van der Waals surface area contributed by atoms with Crippen molar-refractivity contribution in [2.75, 3.05) is 6.26 Å². The van der Waals surface area contributed by atoms with Crippen LogP contribution in [0.25, 0.3) is 6.08 Å². The summed E-state index contributed by atoms with van der Waals surface area (Å²) in [6.45, 7) is 2.20. The van der Waals surface area contributed by atoms with E-state index in [0.29, 0.717) is 5.25 Å². The van der Waals surface area contributed by atoms with E-state index in [0.717, 1.165) is 0 Å². The van der Waals surface area contributed by atoms with Gasteiger partial charge in [0.05, 0.1) is 0 Å². The predicted octanol–water partition coefficient (Wildman–Crippen LogP) is 3.45. The zero-order chi connectivity index (χ0) is 8.81. The van der Waals surface area contributed by atoms with Crippen molar-refractivity contribution in [3.05, 3.63) is 42.0 Å². The molecule has 1 rings (SSSR count). The van der Waals surface area contributed by atoms with E-state index < -0.39 is 0 Å². The highest BCUT2D eigenvalue weighted by Crippen LogP contribution is 2.09. The maximum atomic E-state index is 2.22. The molecule has 1 aromatic rings. The largest absolute Gasteiger partial charge is 0.158 e. The first kappa shape index (κ1) is 9.40. The fraction of sp³-hybridized carbons (Fsp3) is 0.273. The summed E-state index contributed by atoms with van der Waals surface area (Å²) in [6.07, 6.45) is 6.52. The molecular formula is C11H14S. The van der Waals surface area contributed by atoms with E-state index in [-0.39, 0.29) is 0 Å². The lowest BCUT2D eigenvalue weighted by molar-refractivity contribution is 1.26. The van der Waals surface area contributed by atoms with Gasteiger partial charge in [0.1, 0.15) is 0 Å². The Morgan fingerprint density at radius 3 is 2.50 bits per heavy atom. The van der Waals surface area contributed by atoms with Gasteiger partial charge in [-0.15, -0.1) is 0 Å². The second-order valence-corrected chi connectivity index (χ2v) is 3.93. The fourth-order valence-corrected chi connectivity index (χ4v) is 1.13. The van der Waals surface area contributed by atoms with Crippen molar-refractivity contribution in [1.82, 2.24) is 0 Å².